The van der Waals surface area contributed by atoms with E-state index < -0.39 is 172 Å². The van der Waals surface area contributed by atoms with Crippen LogP contribution in [-0.4, -0.2) is 199 Å². The molecule has 91 heavy (non-hydrogen) atoms. The summed E-state index contributed by atoms with van der Waals surface area (Å²) in [5.74, 6) is -2.57. The minimum absolute atomic E-state index is 0.0371. The average molecular weight is 1320 g/mol. The van der Waals surface area contributed by atoms with E-state index >= 15 is 0 Å². The highest BCUT2D eigenvalue weighted by atomic mass is 31.2. The number of nitrogens with zero attached hydrogens (tertiary/aromatic N) is 4. The van der Waals surface area contributed by atoms with Gasteiger partial charge in [0.25, 0.3) is 19.4 Å². The summed E-state index contributed by atoms with van der Waals surface area (Å²) in [5, 5.41) is 116. The number of hydrogen-bond donors (Lipinski definition) is 11. The van der Waals surface area contributed by atoms with Gasteiger partial charge in [-0.15, -0.1) is 0 Å². The Labute approximate surface area is 532 Å². The van der Waals surface area contributed by atoms with Crippen LogP contribution in [0.4, 0.5) is 11.4 Å². The third-order valence-corrected chi connectivity index (χ3v) is 17.7. The van der Waals surface area contributed by atoms with E-state index in [-0.39, 0.29) is 18.5 Å². The lowest BCUT2D eigenvalue weighted by molar-refractivity contribution is -0.510. The SMILES string of the molecule is CCCCCCCCCCCCCCCC(=O)OC[C@H](COP(=O)([O-])O[C@@H]1[C@H](O)[C@H](O)[C@@H](O)[C@H](O)[C@H]1O[C@H]1O[C@H](CNC(=O)c2cc(N=[N+]=[N-])ccc2[N+](=O)[O-])[C@@H](O[C@H]2O[C@H](CO)[C@@H](O)[C@H](O)[C@@H]2O)[C@H](O)[C@H]1[NH3+])OC(=O)CCCCCCCCCCCCCCC. The molecule has 522 valence electrons. The van der Waals surface area contributed by atoms with Gasteiger partial charge in [0.1, 0.15) is 91.5 Å². The summed E-state index contributed by atoms with van der Waals surface area (Å²) >= 11 is 0. The highest BCUT2D eigenvalue weighted by molar-refractivity contribution is 7.45. The minimum atomic E-state index is -5.83. The van der Waals surface area contributed by atoms with Gasteiger partial charge in [-0.2, -0.15) is 0 Å². The fraction of sp³-hybridized carbons (Fsp3) is 0.850. The molecule has 0 aromatic heterocycles. The van der Waals surface area contributed by atoms with E-state index in [4.69, 9.17) is 43.0 Å². The number of aliphatic hydroxyl groups is 9. The molecular weight excluding hydrogens is 1220 g/mol. The number of rotatable bonds is 46. The molecule has 18 atom stereocenters. The Bertz CT molecular complexity index is 2380. The number of nitro benzene ring substituents is 1. The smallest absolute Gasteiger partial charge is 0.306 e. The van der Waals surface area contributed by atoms with Gasteiger partial charge in [0, 0.05) is 36.1 Å². The number of carbonyl (C=O) groups is 3. The van der Waals surface area contributed by atoms with Crippen LogP contribution in [0, 0.1) is 10.1 Å². The van der Waals surface area contributed by atoms with E-state index in [1.807, 2.05) is 0 Å². The highest BCUT2D eigenvalue weighted by Gasteiger charge is 2.57. The van der Waals surface area contributed by atoms with Crippen LogP contribution >= 0.6 is 7.82 Å². The van der Waals surface area contributed by atoms with Crippen LogP contribution in [-0.2, 0) is 51.6 Å². The summed E-state index contributed by atoms with van der Waals surface area (Å²) in [6.45, 7) is 1.03. The van der Waals surface area contributed by atoms with Crippen molar-refractivity contribution in [1.29, 1.82) is 0 Å². The molecule has 31 heteroatoms. The Morgan fingerprint density at radius 2 is 1.12 bits per heavy atom. The summed E-state index contributed by atoms with van der Waals surface area (Å²) in [6, 6.07) is 1.18. The number of aliphatic hydroxyl groups excluding tert-OH is 9. The normalized spacial score (nSPS) is 28.5. The number of quaternary nitrogens is 1. The number of phosphoric ester groups is 1. The predicted molar refractivity (Wildman–Crippen MR) is 323 cm³/mol. The zero-order valence-corrected chi connectivity index (χ0v) is 53.7. The van der Waals surface area contributed by atoms with Crippen molar-refractivity contribution in [2.24, 2.45) is 5.11 Å². The van der Waals surface area contributed by atoms with Gasteiger partial charge < -0.3 is 99.4 Å². The molecule has 13 N–H and O–H groups in total. The standard InChI is InChI=1S/C60H103N6O24P/c1-3-5-7-9-11-13-15-17-19-21-23-25-27-29-44(68)83-36-39(85-45(69)30-28-26-24-22-20-18-16-14-12-10-8-6-4-2)37-84-91(81,82)90-57-53(76)51(74)50(73)52(75)56(57)89-59-46(61)48(71)55(88-60-54(77)49(72)47(70)43(35-67)87-60)42(86-59)34-63-58(78)40-33-38(64-65-62)31-32-41(40)66(79)80/h31-33,39,42-43,46-57,59-60,67,70-77H,3-30,34-37,61H2,1-2H3,(H,63,78)(H,81,82)/t39-,42-,43-,46-,47-,48-,49+,50-,51-,52+,53-,54+,55-,56-,57-,59-,60-/m1/s1. The van der Waals surface area contributed by atoms with E-state index in [1.165, 1.54) is 89.9 Å². The minimum Gasteiger partial charge on any atom is -0.756 e. The van der Waals surface area contributed by atoms with Crippen LogP contribution in [0.2, 0.25) is 0 Å². The zero-order chi connectivity index (χ0) is 66.9. The van der Waals surface area contributed by atoms with Crippen molar-refractivity contribution >= 4 is 37.0 Å². The molecular formula is C60H103N6O24P. The Balaban J connectivity index is 1.48. The maximum atomic E-state index is 13.8. The number of hydrogen-bond acceptors (Lipinski definition) is 25. The molecule has 2 aliphatic heterocycles. The fourth-order valence-corrected chi connectivity index (χ4v) is 12.2. The quantitative estimate of drug-likeness (QED) is 0.00634. The van der Waals surface area contributed by atoms with Gasteiger partial charge in [0.2, 0.25) is 6.29 Å². The van der Waals surface area contributed by atoms with Crippen LogP contribution in [0.25, 0.3) is 10.4 Å². The Morgan fingerprint density at radius 1 is 0.648 bits per heavy atom. The van der Waals surface area contributed by atoms with Crippen LogP contribution < -0.4 is 15.9 Å². The molecule has 1 aromatic carbocycles. The van der Waals surface area contributed by atoms with E-state index in [0.717, 1.165) is 82.4 Å². The lowest BCUT2D eigenvalue weighted by atomic mass is 9.84. The third kappa shape index (κ3) is 27.3. The number of unbranched alkanes of at least 4 members (excludes halogenated alkanes) is 24. The number of esters is 2. The summed E-state index contributed by atoms with van der Waals surface area (Å²) < 4.78 is 58.6. The largest absolute Gasteiger partial charge is 0.756 e. The molecule has 1 amide bonds. The number of amides is 1. The predicted octanol–water partition coefficient (Wildman–Crippen LogP) is 4.28. The summed E-state index contributed by atoms with van der Waals surface area (Å²) in [4.78, 5) is 67.3. The topological polar surface area (TPSA) is 479 Å². The van der Waals surface area contributed by atoms with Crippen LogP contribution in [0.5, 0.6) is 0 Å². The Kier molecular flexibility index (Phi) is 37.5. The number of ether oxygens (including phenoxy) is 6. The molecule has 3 aliphatic rings. The van der Waals surface area contributed by atoms with E-state index in [0.29, 0.717) is 12.8 Å². The zero-order valence-electron chi connectivity index (χ0n) is 52.8. The van der Waals surface area contributed by atoms with Gasteiger partial charge in [-0.3, -0.25) is 29.1 Å². The molecule has 3 fully saturated rings. The number of phosphoric acid groups is 1. The molecule has 1 aromatic rings. The molecule has 1 aliphatic carbocycles. The van der Waals surface area contributed by atoms with Gasteiger partial charge in [-0.05, 0) is 30.5 Å². The number of carbonyl (C=O) groups excluding carboxylic acids is 3. The van der Waals surface area contributed by atoms with Gasteiger partial charge >= 0.3 is 11.9 Å². The number of benzene rings is 1. The Morgan fingerprint density at radius 3 is 1.63 bits per heavy atom. The van der Waals surface area contributed by atoms with Gasteiger partial charge in [-0.1, -0.05) is 173 Å². The van der Waals surface area contributed by atoms with Crippen molar-refractivity contribution in [3.63, 3.8) is 0 Å². The molecule has 1 unspecified atom stereocenters. The molecule has 2 heterocycles. The van der Waals surface area contributed by atoms with Gasteiger partial charge in [0.05, 0.1) is 18.1 Å². The maximum Gasteiger partial charge on any atom is 0.306 e. The lowest BCUT2D eigenvalue weighted by Gasteiger charge is -2.48. The first-order chi connectivity index (χ1) is 43.6. The average Bonchev–Trinajstić information content (AvgIpc) is 0.797. The fourth-order valence-electron chi connectivity index (χ4n) is 11.2. The van der Waals surface area contributed by atoms with Crippen molar-refractivity contribution in [3.05, 3.63) is 44.3 Å². The molecule has 0 spiro atoms. The number of nitro groups is 1. The first kappa shape index (κ1) is 79.3. The second kappa shape index (κ2) is 43.1. The summed E-state index contributed by atoms with van der Waals surface area (Å²) in [5.41, 5.74) is 11.2. The first-order valence-electron chi connectivity index (χ1n) is 32.7. The molecule has 30 nitrogen and oxygen atoms in total. The molecule has 0 bridgehead atoms. The first-order valence-corrected chi connectivity index (χ1v) is 34.2. The summed E-state index contributed by atoms with van der Waals surface area (Å²) in [7, 11) is -5.83. The van der Waals surface area contributed by atoms with Crippen molar-refractivity contribution < 1.29 is 118 Å². The van der Waals surface area contributed by atoms with Crippen molar-refractivity contribution in [2.75, 3.05) is 26.4 Å². The maximum absolute atomic E-state index is 13.8. The van der Waals surface area contributed by atoms with Gasteiger partial charge in [0.15, 0.2) is 18.4 Å². The molecule has 4 rings (SSSR count). The van der Waals surface area contributed by atoms with Crippen molar-refractivity contribution in [1.82, 2.24) is 5.32 Å². The van der Waals surface area contributed by atoms with E-state index in [2.05, 4.69) is 34.9 Å². The van der Waals surface area contributed by atoms with Crippen molar-refractivity contribution in [3.8, 4) is 0 Å². The third-order valence-electron chi connectivity index (χ3n) is 16.7. The lowest BCUT2D eigenvalue weighted by Crippen LogP contribution is -2.80. The monoisotopic (exact) mass is 1320 g/mol. The highest BCUT2D eigenvalue weighted by Crippen LogP contribution is 2.45. The van der Waals surface area contributed by atoms with Crippen LogP contribution in [0.1, 0.15) is 204 Å². The number of nitrogens with one attached hydrogen (secondary N) is 1. The molecule has 0 radical (unpaired) electrons. The van der Waals surface area contributed by atoms with E-state index in [1.54, 1.807) is 0 Å². The van der Waals surface area contributed by atoms with Crippen molar-refractivity contribution in [2.45, 2.75) is 298 Å². The molecule has 2 saturated heterocycles. The van der Waals surface area contributed by atoms with E-state index in [9.17, 15) is 79.9 Å². The van der Waals surface area contributed by atoms with Crippen LogP contribution in [0.15, 0.2) is 23.3 Å². The van der Waals surface area contributed by atoms with Gasteiger partial charge in [-0.25, -0.2) is 0 Å². The summed E-state index contributed by atoms with van der Waals surface area (Å²) in [6.07, 6.45) is -4.50. The molecule has 1 saturated carbocycles. The second-order valence-electron chi connectivity index (χ2n) is 24.0. The van der Waals surface area contributed by atoms with Crippen LogP contribution in [0.3, 0.4) is 0 Å². The number of azide groups is 1. The second-order valence-corrected chi connectivity index (χ2v) is 25.4. The Hall–Kier alpha value is -4.11.